The van der Waals surface area contributed by atoms with E-state index in [1.165, 1.54) is 23.1 Å². The Bertz CT molecular complexity index is 551. The monoisotopic (exact) mass is 277 g/mol. The zero-order valence-electron chi connectivity index (χ0n) is 11.3. The summed E-state index contributed by atoms with van der Waals surface area (Å²) in [5.74, 6) is -0.236. The van der Waals surface area contributed by atoms with Crippen LogP contribution in [0.25, 0.3) is 0 Å². The molecular weight excluding hydrogens is 262 g/mol. The molecule has 0 aliphatic carbocycles. The Kier molecular flexibility index (Phi) is 5.47. The van der Waals surface area contributed by atoms with Crippen molar-refractivity contribution in [3.8, 4) is 11.8 Å². The second kappa shape index (κ2) is 7.09. The predicted octanol–water partition coefficient (Wildman–Crippen LogP) is 1.98. The Morgan fingerprint density at radius 2 is 2.25 bits per heavy atom. The summed E-state index contributed by atoms with van der Waals surface area (Å²) in [6, 6.07) is 6.01. The van der Waals surface area contributed by atoms with Gasteiger partial charge in [0.1, 0.15) is 0 Å². The highest BCUT2D eigenvalue weighted by Gasteiger charge is 2.20. The number of nitro groups is 1. The Balaban J connectivity index is 3.02. The number of hydrogen-bond donors (Lipinski definition) is 0. The Labute approximate surface area is 116 Å². The molecule has 0 spiro atoms. The van der Waals surface area contributed by atoms with E-state index in [1.54, 1.807) is 14.0 Å². The molecule has 0 radical (unpaired) electrons. The van der Waals surface area contributed by atoms with Gasteiger partial charge in [0.05, 0.1) is 24.0 Å². The van der Waals surface area contributed by atoms with E-state index in [2.05, 4.69) is 0 Å². The number of amides is 1. The van der Waals surface area contributed by atoms with E-state index in [4.69, 9.17) is 10.00 Å². The lowest BCUT2D eigenvalue weighted by Gasteiger charge is -2.15. The molecule has 0 atom stereocenters. The summed E-state index contributed by atoms with van der Waals surface area (Å²) in [6.45, 7) is 2.30. The van der Waals surface area contributed by atoms with Gasteiger partial charge in [0, 0.05) is 25.2 Å². The van der Waals surface area contributed by atoms with Gasteiger partial charge >= 0.3 is 5.69 Å². The molecule has 1 aromatic rings. The van der Waals surface area contributed by atoms with Gasteiger partial charge in [-0.1, -0.05) is 0 Å². The number of nitro benzene ring substituents is 1. The van der Waals surface area contributed by atoms with Crippen molar-refractivity contribution in [1.29, 1.82) is 5.26 Å². The summed E-state index contributed by atoms with van der Waals surface area (Å²) in [5.41, 5.74) is -0.0491. The molecule has 20 heavy (non-hydrogen) atoms. The van der Waals surface area contributed by atoms with Gasteiger partial charge in [0.2, 0.25) is 0 Å². The molecule has 7 nitrogen and oxygen atoms in total. The normalized spacial score (nSPS) is 9.65. The second-order valence-corrected chi connectivity index (χ2v) is 4.01. The van der Waals surface area contributed by atoms with Crippen molar-refractivity contribution in [2.45, 2.75) is 13.3 Å². The van der Waals surface area contributed by atoms with Gasteiger partial charge in [0.15, 0.2) is 5.75 Å². The predicted molar refractivity (Wildman–Crippen MR) is 71.5 cm³/mol. The number of benzene rings is 1. The lowest BCUT2D eigenvalue weighted by atomic mass is 10.1. The highest BCUT2D eigenvalue weighted by Crippen LogP contribution is 2.28. The first kappa shape index (κ1) is 15.4. The lowest BCUT2D eigenvalue weighted by molar-refractivity contribution is -0.385. The summed E-state index contributed by atoms with van der Waals surface area (Å²) in [7, 11) is 1.54. The Morgan fingerprint density at radius 3 is 2.80 bits per heavy atom. The average molecular weight is 277 g/mol. The molecule has 0 bridgehead atoms. The maximum absolute atomic E-state index is 12.0. The van der Waals surface area contributed by atoms with Crippen molar-refractivity contribution in [2.24, 2.45) is 0 Å². The average Bonchev–Trinajstić information content (AvgIpc) is 2.44. The molecule has 0 aliphatic heterocycles. The Hall–Kier alpha value is -2.62. The molecule has 1 aromatic carbocycles. The van der Waals surface area contributed by atoms with E-state index in [0.717, 1.165) is 0 Å². The second-order valence-electron chi connectivity index (χ2n) is 4.01. The highest BCUT2D eigenvalue weighted by molar-refractivity contribution is 5.95. The summed E-state index contributed by atoms with van der Waals surface area (Å²) in [4.78, 5) is 23.8. The van der Waals surface area contributed by atoms with Gasteiger partial charge in [0.25, 0.3) is 5.91 Å². The minimum absolute atomic E-state index is 0.133. The van der Waals surface area contributed by atoms with Crippen molar-refractivity contribution < 1.29 is 14.5 Å². The molecule has 1 amide bonds. The van der Waals surface area contributed by atoms with Gasteiger partial charge in [-0.05, 0) is 19.1 Å². The number of carbonyl (C=O) groups is 1. The molecule has 0 heterocycles. The maximum atomic E-state index is 12.0. The first-order chi connectivity index (χ1) is 9.51. The van der Waals surface area contributed by atoms with Crippen molar-refractivity contribution >= 4 is 11.6 Å². The lowest BCUT2D eigenvalue weighted by Crippen LogP contribution is -2.27. The van der Waals surface area contributed by atoms with E-state index in [1.807, 2.05) is 6.07 Å². The summed E-state index contributed by atoms with van der Waals surface area (Å²) >= 11 is 0. The van der Waals surface area contributed by atoms with Gasteiger partial charge in [-0.25, -0.2) is 0 Å². The first-order valence-corrected chi connectivity index (χ1v) is 6.05. The molecule has 0 saturated carbocycles. The molecule has 0 N–H and O–H groups in total. The fraction of sp³-hybridized carbons (Fsp3) is 0.385. The highest BCUT2D eigenvalue weighted by atomic mass is 16.6. The van der Waals surface area contributed by atoms with E-state index in [9.17, 15) is 14.9 Å². The van der Waals surface area contributed by atoms with Crippen LogP contribution >= 0.6 is 0 Å². The van der Waals surface area contributed by atoms with Crippen molar-refractivity contribution in [2.75, 3.05) is 20.2 Å². The van der Waals surface area contributed by atoms with Crippen LogP contribution in [0.4, 0.5) is 5.69 Å². The molecule has 7 heteroatoms. The van der Waals surface area contributed by atoms with Crippen LogP contribution in [0.15, 0.2) is 18.2 Å². The largest absolute Gasteiger partial charge is 0.487 e. The van der Waals surface area contributed by atoms with Crippen molar-refractivity contribution in [1.82, 2.24) is 4.90 Å². The number of nitrogens with zero attached hydrogens (tertiary/aromatic N) is 3. The van der Waals surface area contributed by atoms with Crippen molar-refractivity contribution in [3.05, 3.63) is 33.9 Å². The number of ether oxygens (including phenoxy) is 1. The first-order valence-electron chi connectivity index (χ1n) is 6.05. The van der Waals surface area contributed by atoms with E-state index in [0.29, 0.717) is 6.61 Å². The number of nitriles is 1. The molecular formula is C13H15N3O4. The van der Waals surface area contributed by atoms with E-state index < -0.39 is 4.92 Å². The minimum atomic E-state index is -0.586. The third-order valence-electron chi connectivity index (χ3n) is 2.61. The zero-order chi connectivity index (χ0) is 15.1. The van der Waals surface area contributed by atoms with Crippen LogP contribution in [0.5, 0.6) is 5.75 Å². The molecule has 0 fully saturated rings. The molecule has 0 aromatic heterocycles. The van der Waals surface area contributed by atoms with Crippen LogP contribution in [-0.4, -0.2) is 35.9 Å². The fourth-order valence-electron chi connectivity index (χ4n) is 1.61. The quantitative estimate of drug-likeness (QED) is 0.585. The molecule has 1 rings (SSSR count). The fourth-order valence-corrected chi connectivity index (χ4v) is 1.61. The summed E-state index contributed by atoms with van der Waals surface area (Å²) < 4.78 is 5.15. The summed E-state index contributed by atoms with van der Waals surface area (Å²) in [6.07, 6.45) is 0.210. The molecule has 0 unspecified atom stereocenters. The van der Waals surface area contributed by atoms with Crippen LogP contribution in [0, 0.1) is 21.4 Å². The van der Waals surface area contributed by atoms with Gasteiger partial charge < -0.3 is 9.64 Å². The van der Waals surface area contributed by atoms with Crippen LogP contribution in [0.3, 0.4) is 0 Å². The topological polar surface area (TPSA) is 96.5 Å². The SMILES string of the molecule is CCOc1ccc(C(=O)N(C)CCC#N)cc1[N+](=O)[O-]. The van der Waals surface area contributed by atoms with Crippen LogP contribution in [-0.2, 0) is 0 Å². The van der Waals surface area contributed by atoms with Crippen molar-refractivity contribution in [3.63, 3.8) is 0 Å². The van der Waals surface area contributed by atoms with Crippen LogP contribution < -0.4 is 4.74 Å². The van der Waals surface area contributed by atoms with Gasteiger partial charge in [-0.2, -0.15) is 5.26 Å². The molecule has 106 valence electrons. The van der Waals surface area contributed by atoms with Gasteiger partial charge in [-0.15, -0.1) is 0 Å². The third-order valence-corrected chi connectivity index (χ3v) is 2.61. The van der Waals surface area contributed by atoms with Gasteiger partial charge in [-0.3, -0.25) is 14.9 Å². The minimum Gasteiger partial charge on any atom is -0.487 e. The zero-order valence-corrected chi connectivity index (χ0v) is 11.3. The van der Waals surface area contributed by atoms with Crippen LogP contribution in [0.2, 0.25) is 0 Å². The number of rotatable bonds is 6. The van der Waals surface area contributed by atoms with E-state index in [-0.39, 0.29) is 35.9 Å². The smallest absolute Gasteiger partial charge is 0.311 e. The van der Waals surface area contributed by atoms with E-state index >= 15 is 0 Å². The maximum Gasteiger partial charge on any atom is 0.311 e. The molecule has 0 saturated heterocycles. The molecule has 0 aliphatic rings. The summed E-state index contributed by atoms with van der Waals surface area (Å²) in [5, 5.41) is 19.5. The Morgan fingerprint density at radius 1 is 1.55 bits per heavy atom. The number of carbonyl (C=O) groups excluding carboxylic acids is 1. The number of hydrogen-bond acceptors (Lipinski definition) is 5. The third kappa shape index (κ3) is 3.68. The van der Waals surface area contributed by atoms with Crippen LogP contribution in [0.1, 0.15) is 23.7 Å². The standard InChI is InChI=1S/C13H15N3O4/c1-3-20-12-6-5-10(9-11(12)16(18)19)13(17)15(2)8-4-7-14/h5-6,9H,3-4,8H2,1-2H3.